The summed E-state index contributed by atoms with van der Waals surface area (Å²) in [5, 5.41) is 9.16. The van der Waals surface area contributed by atoms with E-state index in [1.54, 1.807) is 0 Å². The fourth-order valence-electron chi connectivity index (χ4n) is 4.67. The molecule has 0 aliphatic rings. The molecule has 4 aromatic carbocycles. The monoisotopic (exact) mass is 496 g/mol. The minimum absolute atomic E-state index is 1.32. The van der Waals surface area contributed by atoms with Crippen molar-refractivity contribution in [2.24, 2.45) is 0 Å². The molecule has 7 aromatic rings. The van der Waals surface area contributed by atoms with Gasteiger partial charge >= 0.3 is 0 Å². The van der Waals surface area contributed by atoms with E-state index in [0.717, 1.165) is 0 Å². The normalized spacial score (nSPS) is 12.2. The lowest BCUT2D eigenvalue weighted by atomic mass is 10.1. The molecule has 0 N–H and O–H groups in total. The van der Waals surface area contributed by atoms with Gasteiger partial charge in [0.15, 0.2) is 0 Å². The molecule has 33 heavy (non-hydrogen) atoms. The van der Waals surface area contributed by atoms with Crippen LogP contribution in [0, 0.1) is 20.8 Å². The van der Waals surface area contributed by atoms with Crippen molar-refractivity contribution >= 4 is 96.2 Å². The van der Waals surface area contributed by atoms with Crippen LogP contribution in [0.25, 0.3) is 50.4 Å². The van der Waals surface area contributed by atoms with Gasteiger partial charge in [0, 0.05) is 45.4 Å². The molecule has 0 aliphatic heterocycles. The van der Waals surface area contributed by atoms with Crippen molar-refractivity contribution < 1.29 is 0 Å². The largest absolute Gasteiger partial charge is 0.143 e. The van der Waals surface area contributed by atoms with Crippen molar-refractivity contribution in [2.75, 3.05) is 0 Å². The van der Waals surface area contributed by atoms with Gasteiger partial charge in [-0.05, 0) is 73.0 Å². The first kappa shape index (κ1) is 20.0. The zero-order valence-electron chi connectivity index (χ0n) is 18.5. The molecule has 0 fully saturated rings. The summed E-state index contributed by atoms with van der Waals surface area (Å²) in [7, 11) is 0. The lowest BCUT2D eigenvalue weighted by Crippen LogP contribution is -1.80. The maximum absolute atomic E-state index is 2.43. The Labute approximate surface area is 208 Å². The second kappa shape index (κ2) is 7.31. The molecule has 0 atom stereocenters. The standard InChI is InChI=1S/C29H20S4/c1-15-4-6-18-11-21-24(12-19(18)8-15)30-14-27(21)31-23-13-22-26(10-17(23)3)33-28-20-7-5-16(2)9-25(20)32-29(22)28/h4-14H,1-3H3. The van der Waals surface area contributed by atoms with Crippen LogP contribution in [-0.4, -0.2) is 0 Å². The summed E-state index contributed by atoms with van der Waals surface area (Å²) in [5.74, 6) is 0. The lowest BCUT2D eigenvalue weighted by molar-refractivity contribution is 1.33. The number of aryl methyl sites for hydroxylation is 3. The topological polar surface area (TPSA) is 0 Å². The molecule has 3 aromatic heterocycles. The third kappa shape index (κ3) is 3.16. The average molecular weight is 497 g/mol. The van der Waals surface area contributed by atoms with Crippen LogP contribution in [0.15, 0.2) is 75.8 Å². The Morgan fingerprint density at radius 1 is 0.576 bits per heavy atom. The summed E-state index contributed by atoms with van der Waals surface area (Å²) in [6, 6.07) is 23.1. The Morgan fingerprint density at radius 2 is 1.33 bits per heavy atom. The number of hydrogen-bond donors (Lipinski definition) is 0. The number of thiophene rings is 3. The predicted octanol–water partition coefficient (Wildman–Crippen LogP) is 10.7. The van der Waals surface area contributed by atoms with Crippen LogP contribution in [0.4, 0.5) is 0 Å². The molecule has 0 amide bonds. The van der Waals surface area contributed by atoms with Crippen molar-refractivity contribution in [1.82, 2.24) is 0 Å². The van der Waals surface area contributed by atoms with E-state index in [0.29, 0.717) is 0 Å². The van der Waals surface area contributed by atoms with Crippen LogP contribution >= 0.6 is 45.8 Å². The van der Waals surface area contributed by atoms with Crippen LogP contribution in [0.1, 0.15) is 16.7 Å². The van der Waals surface area contributed by atoms with Gasteiger partial charge in [-0.2, -0.15) is 0 Å². The molecule has 0 aliphatic carbocycles. The minimum Gasteiger partial charge on any atom is -0.143 e. The highest BCUT2D eigenvalue weighted by atomic mass is 32.2. The SMILES string of the molecule is Cc1ccc2cc3c(Sc4cc5c(cc4C)sc4c6ccc(C)cc6sc54)csc3cc2c1. The smallest absolute Gasteiger partial charge is 0.0542 e. The van der Waals surface area contributed by atoms with Gasteiger partial charge in [-0.25, -0.2) is 0 Å². The Bertz CT molecular complexity index is 1880. The quantitative estimate of drug-likeness (QED) is 0.229. The third-order valence-corrected chi connectivity index (χ3v) is 11.2. The van der Waals surface area contributed by atoms with Gasteiger partial charge in [0.1, 0.15) is 0 Å². The Morgan fingerprint density at radius 3 is 2.21 bits per heavy atom. The maximum atomic E-state index is 2.43. The first-order chi connectivity index (χ1) is 16.0. The van der Waals surface area contributed by atoms with E-state index in [4.69, 9.17) is 0 Å². The fourth-order valence-corrected chi connectivity index (χ4v) is 9.65. The average Bonchev–Trinajstić information content (AvgIpc) is 3.44. The van der Waals surface area contributed by atoms with Gasteiger partial charge in [0.25, 0.3) is 0 Å². The zero-order chi connectivity index (χ0) is 22.3. The number of rotatable bonds is 2. The minimum atomic E-state index is 1.32. The van der Waals surface area contributed by atoms with E-state index in [2.05, 4.69) is 86.8 Å². The van der Waals surface area contributed by atoms with Gasteiger partial charge in [-0.3, -0.25) is 0 Å². The first-order valence-electron chi connectivity index (χ1n) is 11.0. The van der Waals surface area contributed by atoms with Crippen LogP contribution < -0.4 is 0 Å². The van der Waals surface area contributed by atoms with Crippen molar-refractivity contribution in [3.8, 4) is 0 Å². The highest BCUT2D eigenvalue weighted by molar-refractivity contribution is 7.99. The van der Waals surface area contributed by atoms with Crippen molar-refractivity contribution in [1.29, 1.82) is 0 Å². The van der Waals surface area contributed by atoms with Gasteiger partial charge < -0.3 is 0 Å². The summed E-state index contributed by atoms with van der Waals surface area (Å²) in [5.41, 5.74) is 4.01. The number of fused-ring (bicyclic) bond motifs is 7. The van der Waals surface area contributed by atoms with Gasteiger partial charge in [-0.15, -0.1) is 34.0 Å². The van der Waals surface area contributed by atoms with E-state index in [1.807, 2.05) is 45.8 Å². The maximum Gasteiger partial charge on any atom is 0.0542 e. The van der Waals surface area contributed by atoms with Gasteiger partial charge in [-0.1, -0.05) is 47.7 Å². The summed E-state index contributed by atoms with van der Waals surface area (Å²) in [4.78, 5) is 2.72. The van der Waals surface area contributed by atoms with Crippen LogP contribution in [-0.2, 0) is 0 Å². The van der Waals surface area contributed by atoms with Crippen LogP contribution in [0.2, 0.25) is 0 Å². The Hall–Kier alpha value is -2.37. The molecule has 0 spiro atoms. The molecule has 4 heteroatoms. The van der Waals surface area contributed by atoms with Crippen molar-refractivity contribution in [2.45, 2.75) is 30.6 Å². The first-order valence-corrected chi connectivity index (χ1v) is 14.3. The molecule has 0 radical (unpaired) electrons. The number of hydrogen-bond acceptors (Lipinski definition) is 4. The summed E-state index contributed by atoms with van der Waals surface area (Å²) in [6.45, 7) is 6.60. The van der Waals surface area contributed by atoms with Crippen LogP contribution in [0.3, 0.4) is 0 Å². The second-order valence-corrected chi connectivity index (χ2v) is 13.0. The molecule has 0 unspecified atom stereocenters. The fraction of sp³-hybridized carbons (Fsp3) is 0.103. The van der Waals surface area contributed by atoms with Gasteiger partial charge in [0.2, 0.25) is 0 Å². The predicted molar refractivity (Wildman–Crippen MR) is 152 cm³/mol. The van der Waals surface area contributed by atoms with E-state index in [1.165, 1.54) is 76.9 Å². The van der Waals surface area contributed by atoms with Crippen LogP contribution in [0.5, 0.6) is 0 Å². The highest BCUT2D eigenvalue weighted by Gasteiger charge is 2.15. The molecule has 0 saturated carbocycles. The third-order valence-electron chi connectivity index (χ3n) is 6.41. The van der Waals surface area contributed by atoms with E-state index in [-0.39, 0.29) is 0 Å². The second-order valence-electron chi connectivity index (χ2n) is 8.88. The van der Waals surface area contributed by atoms with Crippen molar-refractivity contribution in [3.05, 3.63) is 82.7 Å². The Balaban J connectivity index is 1.38. The summed E-state index contributed by atoms with van der Waals surface area (Å²) < 4.78 is 7.05. The summed E-state index contributed by atoms with van der Waals surface area (Å²) in [6.07, 6.45) is 0. The molecule has 0 bridgehead atoms. The highest BCUT2D eigenvalue weighted by Crippen LogP contribution is 2.47. The zero-order valence-corrected chi connectivity index (χ0v) is 21.7. The molecule has 3 heterocycles. The molecule has 0 saturated heterocycles. The van der Waals surface area contributed by atoms with Gasteiger partial charge in [0.05, 0.1) is 9.40 Å². The Kier molecular flexibility index (Phi) is 4.44. The molecule has 160 valence electrons. The molecular formula is C29H20S4. The molecule has 7 rings (SSSR count). The molecule has 0 nitrogen and oxygen atoms in total. The lowest BCUT2D eigenvalue weighted by Gasteiger charge is -2.07. The summed E-state index contributed by atoms with van der Waals surface area (Å²) >= 11 is 7.66. The molecular weight excluding hydrogens is 477 g/mol. The number of benzene rings is 4. The van der Waals surface area contributed by atoms with E-state index < -0.39 is 0 Å². The van der Waals surface area contributed by atoms with E-state index in [9.17, 15) is 0 Å². The van der Waals surface area contributed by atoms with E-state index >= 15 is 0 Å². The van der Waals surface area contributed by atoms with Crippen molar-refractivity contribution in [3.63, 3.8) is 0 Å².